The summed E-state index contributed by atoms with van der Waals surface area (Å²) >= 11 is 0. The van der Waals surface area contributed by atoms with Crippen molar-refractivity contribution in [3.8, 4) is 0 Å². The average molecular weight is 459 g/mol. The highest BCUT2D eigenvalue weighted by atomic mass is 127. The number of carbonyl (C=O) groups excluding carboxylic acids is 1. The van der Waals surface area contributed by atoms with Crippen LogP contribution in [0.2, 0.25) is 0 Å². The van der Waals surface area contributed by atoms with Crippen LogP contribution in [0.3, 0.4) is 0 Å². The smallest absolute Gasteiger partial charge is 0.242 e. The fraction of sp³-hybridized carbons (Fsp3) is 0.625. The first kappa shape index (κ1) is 19.7. The van der Waals surface area contributed by atoms with E-state index in [9.17, 15) is 4.79 Å². The van der Waals surface area contributed by atoms with Crippen molar-refractivity contribution in [2.75, 3.05) is 44.2 Å². The van der Waals surface area contributed by atoms with Crippen molar-refractivity contribution in [1.82, 2.24) is 25.5 Å². The van der Waals surface area contributed by atoms with Crippen LogP contribution < -0.4 is 15.5 Å². The Kier molecular flexibility index (Phi) is 7.66. The summed E-state index contributed by atoms with van der Waals surface area (Å²) in [5, 5.41) is 6.24. The first-order chi connectivity index (χ1) is 11.8. The molecule has 2 N–H and O–H groups in total. The minimum absolute atomic E-state index is 0. The van der Waals surface area contributed by atoms with Gasteiger partial charge in [0, 0.05) is 51.2 Å². The van der Waals surface area contributed by atoms with E-state index in [1.165, 1.54) is 0 Å². The van der Waals surface area contributed by atoms with Crippen LogP contribution in [0, 0.1) is 0 Å². The van der Waals surface area contributed by atoms with Gasteiger partial charge in [0.2, 0.25) is 11.9 Å². The molecule has 1 amide bonds. The van der Waals surface area contributed by atoms with E-state index in [1.54, 1.807) is 12.4 Å². The molecule has 0 bridgehead atoms. The predicted octanol–water partition coefficient (Wildman–Crippen LogP) is 0.461. The van der Waals surface area contributed by atoms with Gasteiger partial charge in [0.15, 0.2) is 5.96 Å². The molecule has 25 heavy (non-hydrogen) atoms. The molecule has 0 spiro atoms. The van der Waals surface area contributed by atoms with Gasteiger partial charge < -0.3 is 20.4 Å². The van der Waals surface area contributed by atoms with E-state index >= 15 is 0 Å². The maximum absolute atomic E-state index is 11.8. The number of nitrogens with zero attached hydrogens (tertiary/aromatic N) is 5. The van der Waals surface area contributed by atoms with Gasteiger partial charge in [-0.25, -0.2) is 15.0 Å². The van der Waals surface area contributed by atoms with E-state index in [0.29, 0.717) is 6.04 Å². The summed E-state index contributed by atoms with van der Waals surface area (Å²) in [4.78, 5) is 29.3. The van der Waals surface area contributed by atoms with Crippen molar-refractivity contribution in [3.05, 3.63) is 18.5 Å². The number of aromatic nitrogens is 2. The monoisotopic (exact) mass is 459 g/mol. The Morgan fingerprint density at radius 1 is 1.24 bits per heavy atom. The van der Waals surface area contributed by atoms with Crippen molar-refractivity contribution in [3.63, 3.8) is 0 Å². The molecule has 1 aliphatic carbocycles. The highest BCUT2D eigenvalue weighted by molar-refractivity contribution is 14.0. The number of anilines is 1. The van der Waals surface area contributed by atoms with Gasteiger partial charge in [0.1, 0.15) is 6.54 Å². The quantitative estimate of drug-likeness (QED) is 0.378. The molecule has 2 aliphatic rings. The molecule has 2 fully saturated rings. The minimum atomic E-state index is 0. The molecule has 0 radical (unpaired) electrons. The van der Waals surface area contributed by atoms with Gasteiger partial charge in [-0.1, -0.05) is 0 Å². The standard InChI is InChI=1S/C16H25N7O.HI/c1-2-17-15(20-12-14(24)21-13-4-5-13)22-8-10-23(11-9-22)16-18-6-3-7-19-16;/h3,6-7,13H,2,4-5,8-12H2,1H3,(H,17,20)(H,21,24);1H. The number of guanidine groups is 1. The summed E-state index contributed by atoms with van der Waals surface area (Å²) in [6.45, 7) is 6.33. The lowest BCUT2D eigenvalue weighted by molar-refractivity contribution is -0.119. The third-order valence-corrected chi connectivity index (χ3v) is 4.06. The van der Waals surface area contributed by atoms with E-state index in [2.05, 4.69) is 35.4 Å². The van der Waals surface area contributed by atoms with E-state index in [-0.39, 0.29) is 36.4 Å². The zero-order chi connectivity index (χ0) is 16.8. The van der Waals surface area contributed by atoms with Crippen molar-refractivity contribution in [1.29, 1.82) is 0 Å². The van der Waals surface area contributed by atoms with E-state index < -0.39 is 0 Å². The number of carbonyl (C=O) groups is 1. The SMILES string of the molecule is CCNC(=NCC(=O)NC1CC1)N1CCN(c2ncccn2)CC1.I. The fourth-order valence-corrected chi connectivity index (χ4v) is 2.65. The van der Waals surface area contributed by atoms with Crippen LogP contribution in [-0.2, 0) is 4.79 Å². The van der Waals surface area contributed by atoms with Crippen molar-refractivity contribution >= 4 is 41.8 Å². The Balaban J connectivity index is 0.00000225. The fourth-order valence-electron chi connectivity index (χ4n) is 2.65. The summed E-state index contributed by atoms with van der Waals surface area (Å²) in [6, 6.07) is 2.20. The van der Waals surface area contributed by atoms with Crippen LogP contribution in [0.5, 0.6) is 0 Å². The zero-order valence-corrected chi connectivity index (χ0v) is 16.8. The topological polar surface area (TPSA) is 85.8 Å². The van der Waals surface area contributed by atoms with E-state index in [1.807, 2.05) is 13.0 Å². The predicted molar refractivity (Wildman–Crippen MR) is 108 cm³/mol. The zero-order valence-electron chi connectivity index (χ0n) is 14.5. The number of piperazine rings is 1. The highest BCUT2D eigenvalue weighted by Crippen LogP contribution is 2.18. The second-order valence-electron chi connectivity index (χ2n) is 6.03. The largest absolute Gasteiger partial charge is 0.357 e. The Morgan fingerprint density at radius 3 is 2.52 bits per heavy atom. The van der Waals surface area contributed by atoms with Gasteiger partial charge in [-0.15, -0.1) is 24.0 Å². The summed E-state index contributed by atoms with van der Waals surface area (Å²) < 4.78 is 0. The number of aliphatic imine (C=N–C) groups is 1. The molecule has 2 heterocycles. The average Bonchev–Trinajstić information content (AvgIpc) is 3.43. The molecule has 1 aromatic rings. The number of hydrogen-bond acceptors (Lipinski definition) is 5. The van der Waals surface area contributed by atoms with Crippen LogP contribution >= 0.6 is 24.0 Å². The van der Waals surface area contributed by atoms with E-state index in [0.717, 1.165) is 57.5 Å². The number of amides is 1. The summed E-state index contributed by atoms with van der Waals surface area (Å²) in [7, 11) is 0. The molecule has 138 valence electrons. The third-order valence-electron chi connectivity index (χ3n) is 4.06. The van der Waals surface area contributed by atoms with Crippen LogP contribution in [-0.4, -0.2) is 72.0 Å². The number of hydrogen-bond donors (Lipinski definition) is 2. The maximum Gasteiger partial charge on any atom is 0.242 e. The lowest BCUT2D eigenvalue weighted by atomic mass is 10.3. The molecule has 0 atom stereocenters. The number of halogens is 1. The van der Waals surface area contributed by atoms with Crippen LogP contribution in [0.25, 0.3) is 0 Å². The molecule has 9 heteroatoms. The van der Waals surface area contributed by atoms with Crippen LogP contribution in [0.4, 0.5) is 5.95 Å². The Hall–Kier alpha value is -1.65. The van der Waals surface area contributed by atoms with E-state index in [4.69, 9.17) is 0 Å². The first-order valence-electron chi connectivity index (χ1n) is 8.61. The number of nitrogens with one attached hydrogen (secondary N) is 2. The Labute approximate surface area is 165 Å². The molecule has 1 aliphatic heterocycles. The Morgan fingerprint density at radius 2 is 1.92 bits per heavy atom. The van der Waals surface area contributed by atoms with Gasteiger partial charge in [-0.2, -0.15) is 0 Å². The second kappa shape index (κ2) is 9.73. The molecule has 8 nitrogen and oxygen atoms in total. The molecule has 1 saturated carbocycles. The molecule has 1 saturated heterocycles. The maximum atomic E-state index is 11.8. The van der Waals surface area contributed by atoms with Crippen molar-refractivity contribution < 1.29 is 4.79 Å². The van der Waals surface area contributed by atoms with Gasteiger partial charge in [-0.05, 0) is 25.8 Å². The van der Waals surface area contributed by atoms with Crippen molar-refractivity contribution in [2.24, 2.45) is 4.99 Å². The van der Waals surface area contributed by atoms with Gasteiger partial charge in [0.05, 0.1) is 0 Å². The minimum Gasteiger partial charge on any atom is -0.357 e. The second-order valence-corrected chi connectivity index (χ2v) is 6.03. The summed E-state index contributed by atoms with van der Waals surface area (Å²) in [6.07, 6.45) is 5.72. The summed E-state index contributed by atoms with van der Waals surface area (Å²) in [5.41, 5.74) is 0. The molecular weight excluding hydrogens is 433 g/mol. The normalized spacial score (nSPS) is 17.7. The van der Waals surface area contributed by atoms with Gasteiger partial charge >= 0.3 is 0 Å². The molecule has 0 unspecified atom stereocenters. The molecular formula is C16H26IN7O. The highest BCUT2D eigenvalue weighted by Gasteiger charge is 2.24. The number of rotatable bonds is 5. The van der Waals surface area contributed by atoms with Gasteiger partial charge in [0.25, 0.3) is 0 Å². The molecule has 0 aromatic carbocycles. The van der Waals surface area contributed by atoms with Crippen molar-refractivity contribution in [2.45, 2.75) is 25.8 Å². The van der Waals surface area contributed by atoms with Gasteiger partial charge in [-0.3, -0.25) is 4.79 Å². The Bertz CT molecular complexity index is 571. The lowest BCUT2D eigenvalue weighted by Crippen LogP contribution is -2.53. The lowest BCUT2D eigenvalue weighted by Gasteiger charge is -2.36. The third kappa shape index (κ3) is 5.98. The van der Waals surface area contributed by atoms with Crippen LogP contribution in [0.15, 0.2) is 23.5 Å². The summed E-state index contributed by atoms with van der Waals surface area (Å²) in [5.74, 6) is 1.57. The molecule has 1 aromatic heterocycles. The first-order valence-corrected chi connectivity index (χ1v) is 8.61. The molecule has 3 rings (SSSR count). The van der Waals surface area contributed by atoms with Crippen LogP contribution in [0.1, 0.15) is 19.8 Å².